The van der Waals surface area contributed by atoms with Crippen LogP contribution in [0.2, 0.25) is 0 Å². The van der Waals surface area contributed by atoms with Crippen molar-refractivity contribution in [1.82, 2.24) is 10.2 Å². The summed E-state index contributed by atoms with van der Waals surface area (Å²) < 4.78 is 23.8. The number of nitrogens with one attached hydrogen (secondary N) is 2. The lowest BCUT2D eigenvalue weighted by atomic mass is 10.4. The summed E-state index contributed by atoms with van der Waals surface area (Å²) in [5, 5.41) is 9.81. The monoisotopic (exact) mass is 291 g/mol. The van der Waals surface area contributed by atoms with Crippen molar-refractivity contribution in [3.05, 3.63) is 53.6 Å². The highest BCUT2D eigenvalue weighted by molar-refractivity contribution is 7.94. The Morgan fingerprint density at radius 3 is 2.60 bits per heavy atom. The van der Waals surface area contributed by atoms with E-state index >= 15 is 0 Å². The molecule has 0 fully saturated rings. The number of aromatic amines is 1. The highest BCUT2D eigenvalue weighted by atomic mass is 32.2. The number of carbonyl (C=O) groups excluding carboxylic acids is 1. The minimum atomic E-state index is -3.61. The van der Waals surface area contributed by atoms with E-state index in [-0.39, 0.29) is 4.90 Å². The van der Waals surface area contributed by atoms with Gasteiger partial charge in [-0.1, -0.05) is 18.2 Å². The van der Waals surface area contributed by atoms with E-state index in [9.17, 15) is 13.2 Å². The number of hydrogen-bond acceptors (Lipinski definition) is 4. The molecular weight excluding hydrogens is 278 g/mol. The Bertz CT molecular complexity index is 733. The van der Waals surface area contributed by atoms with Crippen LogP contribution in [0.5, 0.6) is 0 Å². The average Bonchev–Trinajstić information content (AvgIpc) is 2.83. The molecule has 0 aliphatic heterocycles. The molecule has 1 amide bonds. The molecule has 0 spiro atoms. The zero-order valence-corrected chi connectivity index (χ0v) is 11.5. The number of sulfone groups is 1. The molecule has 0 saturated heterocycles. The van der Waals surface area contributed by atoms with Crippen molar-refractivity contribution < 1.29 is 13.2 Å². The van der Waals surface area contributed by atoms with Crippen LogP contribution in [0.25, 0.3) is 0 Å². The molecule has 0 bridgehead atoms. The quantitative estimate of drug-likeness (QED) is 0.838. The van der Waals surface area contributed by atoms with Crippen LogP contribution in [0.15, 0.2) is 52.8 Å². The summed E-state index contributed by atoms with van der Waals surface area (Å²) in [6.45, 7) is 1.79. The van der Waals surface area contributed by atoms with E-state index in [1.165, 1.54) is 12.1 Å². The predicted octanol–water partition coefficient (Wildman–Crippen LogP) is 1.64. The summed E-state index contributed by atoms with van der Waals surface area (Å²) in [5.41, 5.74) is 0.793. The van der Waals surface area contributed by atoms with Crippen molar-refractivity contribution >= 4 is 21.6 Å². The van der Waals surface area contributed by atoms with Crippen LogP contribution >= 0.6 is 0 Å². The molecule has 0 aliphatic carbocycles. The predicted molar refractivity (Wildman–Crippen MR) is 74.7 cm³/mol. The van der Waals surface area contributed by atoms with Crippen LogP contribution in [0.4, 0.5) is 5.82 Å². The van der Waals surface area contributed by atoms with E-state index in [2.05, 4.69) is 15.5 Å². The van der Waals surface area contributed by atoms with Crippen LogP contribution in [0.1, 0.15) is 5.69 Å². The third kappa shape index (κ3) is 3.55. The number of amides is 1. The van der Waals surface area contributed by atoms with E-state index in [1.54, 1.807) is 31.2 Å². The number of carbonyl (C=O) groups is 1. The molecule has 7 heteroatoms. The summed E-state index contributed by atoms with van der Waals surface area (Å²) in [4.78, 5) is 11.7. The minimum absolute atomic E-state index is 0.139. The molecule has 0 saturated carbocycles. The van der Waals surface area contributed by atoms with E-state index in [0.29, 0.717) is 5.82 Å². The first kappa shape index (κ1) is 14.0. The number of hydrogen-bond donors (Lipinski definition) is 2. The maximum atomic E-state index is 11.9. The minimum Gasteiger partial charge on any atom is -0.306 e. The second kappa shape index (κ2) is 5.70. The van der Waals surface area contributed by atoms with Gasteiger partial charge in [-0.3, -0.25) is 9.89 Å². The molecular formula is C13H13N3O3S. The van der Waals surface area contributed by atoms with E-state index in [0.717, 1.165) is 17.2 Å². The van der Waals surface area contributed by atoms with Crippen LogP contribution < -0.4 is 5.32 Å². The molecule has 6 nitrogen and oxygen atoms in total. The summed E-state index contributed by atoms with van der Waals surface area (Å²) >= 11 is 0. The molecule has 20 heavy (non-hydrogen) atoms. The molecule has 0 unspecified atom stereocenters. The number of H-pyrrole nitrogens is 1. The van der Waals surface area contributed by atoms with Crippen molar-refractivity contribution in [2.45, 2.75) is 11.8 Å². The highest BCUT2D eigenvalue weighted by Crippen LogP contribution is 2.11. The molecule has 2 N–H and O–H groups in total. The molecule has 0 radical (unpaired) electrons. The van der Waals surface area contributed by atoms with Gasteiger partial charge in [0.05, 0.1) is 4.90 Å². The van der Waals surface area contributed by atoms with Gasteiger partial charge in [-0.2, -0.15) is 5.10 Å². The molecule has 104 valence electrons. The zero-order chi connectivity index (χ0) is 14.6. The van der Waals surface area contributed by atoms with Crippen molar-refractivity contribution in [2.24, 2.45) is 0 Å². The van der Waals surface area contributed by atoms with Crippen LogP contribution in [-0.2, 0) is 14.6 Å². The van der Waals surface area contributed by atoms with Crippen LogP contribution in [0, 0.1) is 6.92 Å². The smallest absolute Gasteiger partial charge is 0.250 e. The van der Waals surface area contributed by atoms with Gasteiger partial charge in [-0.05, 0) is 19.1 Å². The molecule has 0 aliphatic rings. The first-order valence-corrected chi connectivity index (χ1v) is 7.33. The Kier molecular flexibility index (Phi) is 3.99. The number of aromatic nitrogens is 2. The Morgan fingerprint density at radius 2 is 2.00 bits per heavy atom. The normalized spacial score (nSPS) is 11.7. The van der Waals surface area contributed by atoms with E-state index < -0.39 is 15.7 Å². The fourth-order valence-corrected chi connectivity index (χ4v) is 2.49. The van der Waals surface area contributed by atoms with Crippen LogP contribution in [-0.4, -0.2) is 24.5 Å². The number of rotatable bonds is 4. The average molecular weight is 291 g/mol. The first-order valence-electron chi connectivity index (χ1n) is 5.78. The number of benzene rings is 1. The lowest BCUT2D eigenvalue weighted by molar-refractivity contribution is -0.111. The van der Waals surface area contributed by atoms with Gasteiger partial charge in [-0.15, -0.1) is 0 Å². The van der Waals surface area contributed by atoms with Crippen LogP contribution in [0.3, 0.4) is 0 Å². The van der Waals surface area contributed by atoms with Gasteiger partial charge in [-0.25, -0.2) is 8.42 Å². The third-order valence-corrected chi connectivity index (χ3v) is 3.85. The molecule has 1 aromatic carbocycles. The van der Waals surface area contributed by atoms with E-state index in [1.807, 2.05) is 0 Å². The fourth-order valence-electron chi connectivity index (χ4n) is 1.49. The van der Waals surface area contributed by atoms with E-state index in [4.69, 9.17) is 0 Å². The SMILES string of the molecule is Cc1cc(NC(=O)C=CS(=O)(=O)c2ccccc2)n[nH]1. The Labute approximate surface area is 116 Å². The molecule has 2 rings (SSSR count). The fraction of sp³-hybridized carbons (Fsp3) is 0.0769. The van der Waals surface area contributed by atoms with Gasteiger partial charge in [0.1, 0.15) is 0 Å². The Morgan fingerprint density at radius 1 is 1.30 bits per heavy atom. The maximum Gasteiger partial charge on any atom is 0.250 e. The van der Waals surface area contributed by atoms with Gasteiger partial charge < -0.3 is 5.32 Å². The van der Waals surface area contributed by atoms with Gasteiger partial charge in [0, 0.05) is 23.2 Å². The molecule has 1 aromatic heterocycles. The van der Waals surface area contributed by atoms with Crippen molar-refractivity contribution in [2.75, 3.05) is 5.32 Å². The molecule has 1 heterocycles. The third-order valence-electron chi connectivity index (χ3n) is 2.43. The lowest BCUT2D eigenvalue weighted by Crippen LogP contribution is -2.09. The number of nitrogens with zero attached hydrogens (tertiary/aromatic N) is 1. The van der Waals surface area contributed by atoms with Crippen molar-refractivity contribution in [3.63, 3.8) is 0 Å². The second-order valence-corrected chi connectivity index (χ2v) is 5.92. The maximum absolute atomic E-state index is 11.9. The van der Waals surface area contributed by atoms with Crippen molar-refractivity contribution in [1.29, 1.82) is 0 Å². The van der Waals surface area contributed by atoms with Gasteiger partial charge in [0.15, 0.2) is 15.7 Å². The number of anilines is 1. The Hall–Kier alpha value is -2.41. The van der Waals surface area contributed by atoms with Gasteiger partial charge in [0.25, 0.3) is 0 Å². The second-order valence-electron chi connectivity index (χ2n) is 4.09. The molecule has 0 atom stereocenters. The molecule has 2 aromatic rings. The topological polar surface area (TPSA) is 91.9 Å². The van der Waals surface area contributed by atoms with Gasteiger partial charge >= 0.3 is 0 Å². The number of aryl methyl sites for hydroxylation is 1. The highest BCUT2D eigenvalue weighted by Gasteiger charge is 2.10. The Balaban J connectivity index is 2.07. The summed E-state index contributed by atoms with van der Waals surface area (Å²) in [7, 11) is -3.61. The first-order chi connectivity index (χ1) is 9.47. The summed E-state index contributed by atoms with van der Waals surface area (Å²) in [6, 6.07) is 9.52. The lowest BCUT2D eigenvalue weighted by Gasteiger charge is -1.98. The summed E-state index contributed by atoms with van der Waals surface area (Å²) in [6.07, 6.45) is 0.965. The largest absolute Gasteiger partial charge is 0.306 e. The van der Waals surface area contributed by atoms with Gasteiger partial charge in [0.2, 0.25) is 5.91 Å². The zero-order valence-electron chi connectivity index (χ0n) is 10.7. The van der Waals surface area contributed by atoms with Crippen molar-refractivity contribution in [3.8, 4) is 0 Å². The summed E-state index contributed by atoms with van der Waals surface area (Å²) in [5.74, 6) is -0.217. The standard InChI is InChI=1S/C13H13N3O3S/c1-10-9-12(16-15-10)14-13(17)7-8-20(18,19)11-5-3-2-4-6-11/h2-9H,1H3,(H2,14,15,16,17).